The number of sulfonamides is 1. The van der Waals surface area contributed by atoms with Crippen LogP contribution in [-0.4, -0.2) is 30.3 Å². The highest BCUT2D eigenvalue weighted by molar-refractivity contribution is 9.10. The van der Waals surface area contributed by atoms with Gasteiger partial charge in [-0.25, -0.2) is 4.98 Å². The van der Waals surface area contributed by atoms with Crippen molar-refractivity contribution in [2.75, 3.05) is 5.32 Å². The third-order valence-electron chi connectivity index (χ3n) is 1.91. The first-order valence-corrected chi connectivity index (χ1v) is 6.60. The van der Waals surface area contributed by atoms with Crippen molar-refractivity contribution in [1.29, 1.82) is 0 Å². The van der Waals surface area contributed by atoms with Gasteiger partial charge in [0.2, 0.25) is 0 Å². The minimum absolute atomic E-state index is 0.0824. The SMILES string of the molecule is O=C(O)CC1=NS(=O)(=O)c2cc(Br)cnc2N1. The second-order valence-electron chi connectivity index (χ2n) is 3.21. The lowest BCUT2D eigenvalue weighted by molar-refractivity contribution is -0.135. The molecule has 0 unspecified atom stereocenters. The van der Waals surface area contributed by atoms with E-state index in [9.17, 15) is 13.2 Å². The molecule has 0 bridgehead atoms. The molecule has 0 saturated heterocycles. The molecule has 1 aliphatic rings. The molecule has 0 fully saturated rings. The number of halogens is 1. The Balaban J connectivity index is 2.50. The zero-order valence-electron chi connectivity index (χ0n) is 8.21. The summed E-state index contributed by atoms with van der Waals surface area (Å²) in [6.07, 6.45) is 0.904. The Hall–Kier alpha value is -1.48. The van der Waals surface area contributed by atoms with Crippen LogP contribution in [0, 0.1) is 0 Å². The van der Waals surface area contributed by atoms with E-state index in [1.807, 2.05) is 0 Å². The molecule has 0 aliphatic carbocycles. The van der Waals surface area contributed by atoms with E-state index in [1.54, 1.807) is 0 Å². The Labute approximate surface area is 105 Å². The third kappa shape index (κ3) is 2.44. The highest BCUT2D eigenvalue weighted by Crippen LogP contribution is 2.28. The van der Waals surface area contributed by atoms with E-state index in [2.05, 4.69) is 30.6 Å². The fraction of sp³-hybridized carbons (Fsp3) is 0.125. The maximum Gasteiger partial charge on any atom is 0.311 e. The molecule has 0 aromatic carbocycles. The number of hydrogen-bond acceptors (Lipinski definition) is 5. The molecule has 7 nitrogen and oxygen atoms in total. The largest absolute Gasteiger partial charge is 0.481 e. The van der Waals surface area contributed by atoms with E-state index >= 15 is 0 Å². The zero-order chi connectivity index (χ0) is 12.6. The molecule has 2 heterocycles. The van der Waals surface area contributed by atoms with E-state index in [1.165, 1.54) is 12.3 Å². The first-order chi connectivity index (χ1) is 7.88. The number of pyridine rings is 1. The topological polar surface area (TPSA) is 109 Å². The average Bonchev–Trinajstić information content (AvgIpc) is 2.17. The quantitative estimate of drug-likeness (QED) is 0.835. The molecule has 0 amide bonds. The van der Waals surface area contributed by atoms with Gasteiger partial charge in [-0.05, 0) is 22.0 Å². The van der Waals surface area contributed by atoms with Crippen LogP contribution in [0.2, 0.25) is 0 Å². The smallest absolute Gasteiger partial charge is 0.311 e. The van der Waals surface area contributed by atoms with Crippen molar-refractivity contribution < 1.29 is 18.3 Å². The van der Waals surface area contributed by atoms with E-state index in [0.29, 0.717) is 4.47 Å². The van der Waals surface area contributed by atoms with Crippen LogP contribution in [0.15, 0.2) is 26.0 Å². The van der Waals surface area contributed by atoms with Crippen LogP contribution < -0.4 is 5.32 Å². The monoisotopic (exact) mass is 319 g/mol. The minimum atomic E-state index is -3.89. The van der Waals surface area contributed by atoms with Gasteiger partial charge in [0.1, 0.15) is 17.2 Å². The Morgan fingerprint density at radius 3 is 2.88 bits per heavy atom. The van der Waals surface area contributed by atoms with E-state index in [0.717, 1.165) is 0 Å². The lowest BCUT2D eigenvalue weighted by Gasteiger charge is -2.16. The maximum absolute atomic E-state index is 11.7. The summed E-state index contributed by atoms with van der Waals surface area (Å²) in [5, 5.41) is 11.2. The molecule has 90 valence electrons. The molecule has 1 aliphatic heterocycles. The zero-order valence-corrected chi connectivity index (χ0v) is 10.6. The summed E-state index contributed by atoms with van der Waals surface area (Å²) in [6.45, 7) is 0. The summed E-state index contributed by atoms with van der Waals surface area (Å²) < 4.78 is 27.3. The molecule has 1 aromatic heterocycles. The van der Waals surface area contributed by atoms with Gasteiger partial charge in [0.15, 0.2) is 5.82 Å². The Bertz CT molecular complexity index is 626. The van der Waals surface area contributed by atoms with Crippen molar-refractivity contribution in [3.8, 4) is 0 Å². The van der Waals surface area contributed by atoms with Gasteiger partial charge in [0, 0.05) is 10.7 Å². The third-order valence-corrected chi connectivity index (χ3v) is 3.67. The average molecular weight is 320 g/mol. The first kappa shape index (κ1) is 12.0. The van der Waals surface area contributed by atoms with Crippen molar-refractivity contribution in [3.63, 3.8) is 0 Å². The lowest BCUT2D eigenvalue weighted by atomic mass is 10.4. The summed E-state index contributed by atoms with van der Waals surface area (Å²) in [7, 11) is -3.89. The highest BCUT2D eigenvalue weighted by Gasteiger charge is 2.27. The van der Waals surface area contributed by atoms with Gasteiger partial charge >= 0.3 is 5.97 Å². The number of aromatic nitrogens is 1. The summed E-state index contributed by atoms with van der Waals surface area (Å²) >= 11 is 3.10. The molecule has 1 aromatic rings. The molecule has 9 heteroatoms. The van der Waals surface area contributed by atoms with Crippen LogP contribution in [0.1, 0.15) is 6.42 Å². The number of nitrogens with one attached hydrogen (secondary N) is 1. The molecule has 2 rings (SSSR count). The number of nitrogens with zero attached hydrogens (tertiary/aromatic N) is 2. The summed E-state index contributed by atoms with van der Waals surface area (Å²) in [4.78, 5) is 14.3. The van der Waals surface area contributed by atoms with Gasteiger partial charge < -0.3 is 10.4 Å². The number of hydrogen-bond donors (Lipinski definition) is 2. The number of carboxylic acid groups (broad SMARTS) is 1. The predicted molar refractivity (Wildman–Crippen MR) is 62.4 cm³/mol. The molecule has 17 heavy (non-hydrogen) atoms. The summed E-state index contributed by atoms with van der Waals surface area (Å²) in [5.41, 5.74) is 0. The minimum Gasteiger partial charge on any atom is -0.481 e. The van der Waals surface area contributed by atoms with Gasteiger partial charge in [-0.2, -0.15) is 8.42 Å². The molecule has 0 spiro atoms. The van der Waals surface area contributed by atoms with Crippen LogP contribution in [0.3, 0.4) is 0 Å². The fourth-order valence-corrected chi connectivity index (χ4v) is 2.89. The second kappa shape index (κ2) is 4.08. The van der Waals surface area contributed by atoms with Crippen molar-refractivity contribution in [2.45, 2.75) is 11.3 Å². The van der Waals surface area contributed by atoms with Crippen LogP contribution in [0.25, 0.3) is 0 Å². The molecule has 0 saturated carbocycles. The Kier molecular flexibility index (Phi) is 2.87. The van der Waals surface area contributed by atoms with E-state index in [-0.39, 0.29) is 16.5 Å². The van der Waals surface area contributed by atoms with Crippen LogP contribution in [0.5, 0.6) is 0 Å². The number of anilines is 1. The number of carboxylic acids is 1. The second-order valence-corrected chi connectivity index (χ2v) is 5.70. The van der Waals surface area contributed by atoms with E-state index < -0.39 is 22.4 Å². The summed E-state index contributed by atoms with van der Waals surface area (Å²) in [6, 6.07) is 1.35. The first-order valence-electron chi connectivity index (χ1n) is 4.37. The number of rotatable bonds is 2. The van der Waals surface area contributed by atoms with Crippen LogP contribution in [-0.2, 0) is 14.8 Å². The molecule has 0 radical (unpaired) electrons. The number of fused-ring (bicyclic) bond motifs is 1. The molecular formula is C8H6BrN3O4S. The normalized spacial score (nSPS) is 16.6. The highest BCUT2D eigenvalue weighted by atomic mass is 79.9. The number of carbonyl (C=O) groups is 1. The van der Waals surface area contributed by atoms with Crippen molar-refractivity contribution in [2.24, 2.45) is 4.40 Å². The van der Waals surface area contributed by atoms with Crippen LogP contribution >= 0.6 is 15.9 Å². The summed E-state index contributed by atoms with van der Waals surface area (Å²) in [5.74, 6) is -1.24. The number of aliphatic carboxylic acids is 1. The predicted octanol–water partition coefficient (Wildman–Crippen LogP) is 0.832. The fourth-order valence-electron chi connectivity index (χ4n) is 1.28. The standard InChI is InChI=1S/C8H6BrN3O4S/c9-4-1-5-8(10-3-4)11-6(2-7(13)14)12-17(5,15)16/h1,3H,2H2,(H,13,14)(H,10,11,12). The Morgan fingerprint density at radius 1 is 1.53 bits per heavy atom. The molecule has 2 N–H and O–H groups in total. The van der Waals surface area contributed by atoms with Gasteiger partial charge in [-0.1, -0.05) is 0 Å². The van der Waals surface area contributed by atoms with Crippen LogP contribution in [0.4, 0.5) is 5.82 Å². The van der Waals surface area contributed by atoms with Gasteiger partial charge in [-0.15, -0.1) is 4.40 Å². The van der Waals surface area contributed by atoms with Gasteiger partial charge in [0.25, 0.3) is 10.0 Å². The Morgan fingerprint density at radius 2 is 2.24 bits per heavy atom. The lowest BCUT2D eigenvalue weighted by Crippen LogP contribution is -2.24. The van der Waals surface area contributed by atoms with Crippen molar-refractivity contribution in [1.82, 2.24) is 4.98 Å². The van der Waals surface area contributed by atoms with Crippen molar-refractivity contribution in [3.05, 3.63) is 16.7 Å². The van der Waals surface area contributed by atoms with E-state index in [4.69, 9.17) is 5.11 Å². The number of amidine groups is 1. The van der Waals surface area contributed by atoms with Gasteiger partial charge in [0.05, 0.1) is 0 Å². The molecule has 0 atom stereocenters. The van der Waals surface area contributed by atoms with Gasteiger partial charge in [-0.3, -0.25) is 4.79 Å². The maximum atomic E-state index is 11.7. The van der Waals surface area contributed by atoms with Crippen molar-refractivity contribution >= 4 is 43.6 Å². The molecular weight excluding hydrogens is 314 g/mol.